The molecule has 0 bridgehead atoms. The van der Waals surface area contributed by atoms with Gasteiger partial charge < -0.3 is 4.90 Å². The molecular weight excluding hydrogens is 286 g/mol. The summed E-state index contributed by atoms with van der Waals surface area (Å²) in [4.78, 5) is 25.1. The first-order valence-corrected chi connectivity index (χ1v) is 7.91. The van der Waals surface area contributed by atoms with Gasteiger partial charge >= 0.3 is 0 Å². The molecular formula is C15H17N3O2S. The molecule has 1 aromatic carbocycles. The molecule has 1 saturated heterocycles. The predicted molar refractivity (Wildman–Crippen MR) is 84.4 cm³/mol. The van der Waals surface area contributed by atoms with Gasteiger partial charge in [0, 0.05) is 42.4 Å². The van der Waals surface area contributed by atoms with Gasteiger partial charge in [0.05, 0.1) is 5.52 Å². The van der Waals surface area contributed by atoms with Gasteiger partial charge in [0.1, 0.15) is 0 Å². The molecule has 110 valence electrons. The third-order valence-corrected chi connectivity index (χ3v) is 4.81. The number of carbonyl (C=O) groups excluding carboxylic acids is 2. The fraction of sp³-hybridized carbons (Fsp3) is 0.400. The quantitative estimate of drug-likeness (QED) is 0.946. The Bertz CT molecular complexity index is 710. The van der Waals surface area contributed by atoms with E-state index in [1.807, 2.05) is 30.0 Å². The molecule has 1 unspecified atom stereocenters. The standard InChI is InChI=1S/C15H17N3O2S/c1-9-13-6-12(3-4-14(13)17-16-9)18-7-11(5-15(18)20)8-21-10(2)19/h3-4,6,11H,5,7-8H2,1-2H3,(H,16,17). The van der Waals surface area contributed by atoms with Gasteiger partial charge in [-0.15, -0.1) is 0 Å². The van der Waals surface area contributed by atoms with Crippen LogP contribution in [0.5, 0.6) is 0 Å². The first-order chi connectivity index (χ1) is 10.0. The van der Waals surface area contributed by atoms with E-state index in [-0.39, 0.29) is 16.9 Å². The van der Waals surface area contributed by atoms with Gasteiger partial charge in [0.25, 0.3) is 0 Å². The SMILES string of the molecule is CC(=O)SCC1CC(=O)N(c2ccc3n[nH]c(C)c3c2)C1. The molecule has 0 saturated carbocycles. The lowest BCUT2D eigenvalue weighted by Gasteiger charge is -2.16. The highest BCUT2D eigenvalue weighted by atomic mass is 32.2. The first-order valence-electron chi connectivity index (χ1n) is 6.93. The van der Waals surface area contributed by atoms with Gasteiger partial charge in [0.2, 0.25) is 5.91 Å². The molecule has 2 aromatic rings. The van der Waals surface area contributed by atoms with Crippen LogP contribution < -0.4 is 4.90 Å². The molecule has 1 aliphatic heterocycles. The number of anilines is 1. The number of aromatic amines is 1. The molecule has 0 radical (unpaired) electrons. The summed E-state index contributed by atoms with van der Waals surface area (Å²) in [7, 11) is 0. The van der Waals surface area contributed by atoms with Gasteiger partial charge in [0.15, 0.2) is 5.12 Å². The zero-order valence-electron chi connectivity index (χ0n) is 12.0. The highest BCUT2D eigenvalue weighted by Crippen LogP contribution is 2.30. The number of H-pyrrole nitrogens is 1. The summed E-state index contributed by atoms with van der Waals surface area (Å²) in [6, 6.07) is 5.87. The highest BCUT2D eigenvalue weighted by molar-refractivity contribution is 8.13. The van der Waals surface area contributed by atoms with Gasteiger partial charge in [-0.05, 0) is 31.0 Å². The molecule has 1 aromatic heterocycles. The summed E-state index contributed by atoms with van der Waals surface area (Å²) >= 11 is 1.30. The Labute approximate surface area is 127 Å². The lowest BCUT2D eigenvalue weighted by atomic mass is 10.1. The first kappa shape index (κ1) is 14.1. The van der Waals surface area contributed by atoms with Crippen LogP contribution >= 0.6 is 11.8 Å². The number of fused-ring (bicyclic) bond motifs is 1. The second-order valence-corrected chi connectivity index (χ2v) is 6.62. The average molecular weight is 303 g/mol. The van der Waals surface area contributed by atoms with E-state index < -0.39 is 0 Å². The number of hydrogen-bond donors (Lipinski definition) is 1. The molecule has 1 fully saturated rings. The summed E-state index contributed by atoms with van der Waals surface area (Å²) in [6.07, 6.45) is 0.517. The zero-order chi connectivity index (χ0) is 15.0. The Kier molecular flexibility index (Phi) is 3.71. The van der Waals surface area contributed by atoms with E-state index in [0.717, 1.165) is 22.3 Å². The van der Waals surface area contributed by atoms with Crippen LogP contribution in [0, 0.1) is 12.8 Å². The predicted octanol–water partition coefficient (Wildman–Crippen LogP) is 2.50. The number of nitrogens with zero attached hydrogens (tertiary/aromatic N) is 2. The molecule has 6 heteroatoms. The van der Waals surface area contributed by atoms with Crippen molar-refractivity contribution in [2.75, 3.05) is 17.2 Å². The minimum atomic E-state index is 0.108. The minimum Gasteiger partial charge on any atom is -0.312 e. The largest absolute Gasteiger partial charge is 0.312 e. The lowest BCUT2D eigenvalue weighted by Crippen LogP contribution is -2.24. The summed E-state index contributed by atoms with van der Waals surface area (Å²) in [5.41, 5.74) is 2.82. The lowest BCUT2D eigenvalue weighted by molar-refractivity contribution is -0.117. The summed E-state index contributed by atoms with van der Waals surface area (Å²) in [6.45, 7) is 4.22. The number of hydrogen-bond acceptors (Lipinski definition) is 4. The van der Waals surface area contributed by atoms with Crippen LogP contribution in [0.3, 0.4) is 0 Å². The van der Waals surface area contributed by atoms with Gasteiger partial charge in [-0.25, -0.2) is 0 Å². The summed E-state index contributed by atoms with van der Waals surface area (Å²) in [5, 5.41) is 8.30. The molecule has 21 heavy (non-hydrogen) atoms. The van der Waals surface area contributed by atoms with E-state index in [9.17, 15) is 9.59 Å². The molecule has 3 rings (SSSR count). The van der Waals surface area contributed by atoms with Crippen molar-refractivity contribution in [2.45, 2.75) is 20.3 Å². The summed E-state index contributed by atoms with van der Waals surface area (Å²) < 4.78 is 0. The van der Waals surface area contributed by atoms with E-state index in [4.69, 9.17) is 0 Å². The average Bonchev–Trinajstić information content (AvgIpc) is 3.00. The number of benzene rings is 1. The monoisotopic (exact) mass is 303 g/mol. The second kappa shape index (κ2) is 5.52. The van der Waals surface area contributed by atoms with Crippen LogP contribution in [-0.2, 0) is 9.59 Å². The molecule has 1 N–H and O–H groups in total. The molecule has 2 heterocycles. The fourth-order valence-electron chi connectivity index (χ4n) is 2.67. The molecule has 1 amide bonds. The topological polar surface area (TPSA) is 66.1 Å². The van der Waals surface area contributed by atoms with Crippen molar-refractivity contribution in [1.29, 1.82) is 0 Å². The van der Waals surface area contributed by atoms with Crippen molar-refractivity contribution >= 4 is 39.4 Å². The Morgan fingerprint density at radius 3 is 3.10 bits per heavy atom. The number of aryl methyl sites for hydroxylation is 1. The van der Waals surface area contributed by atoms with Crippen molar-refractivity contribution in [3.63, 3.8) is 0 Å². The number of rotatable bonds is 3. The van der Waals surface area contributed by atoms with Crippen LogP contribution in [0.15, 0.2) is 18.2 Å². The van der Waals surface area contributed by atoms with E-state index in [1.54, 1.807) is 6.92 Å². The van der Waals surface area contributed by atoms with Crippen LogP contribution in [0.25, 0.3) is 10.9 Å². The minimum absolute atomic E-state index is 0.108. The van der Waals surface area contributed by atoms with Gasteiger partial charge in [-0.1, -0.05) is 11.8 Å². The van der Waals surface area contributed by atoms with Crippen LogP contribution in [0.1, 0.15) is 19.0 Å². The Morgan fingerprint density at radius 2 is 2.33 bits per heavy atom. The van der Waals surface area contributed by atoms with E-state index >= 15 is 0 Å². The maximum absolute atomic E-state index is 12.2. The maximum atomic E-state index is 12.2. The van der Waals surface area contributed by atoms with Crippen molar-refractivity contribution < 1.29 is 9.59 Å². The van der Waals surface area contributed by atoms with Gasteiger partial charge in [-0.2, -0.15) is 5.10 Å². The van der Waals surface area contributed by atoms with Gasteiger partial charge in [-0.3, -0.25) is 14.7 Å². The van der Waals surface area contributed by atoms with E-state index in [1.165, 1.54) is 11.8 Å². The van der Waals surface area contributed by atoms with Crippen molar-refractivity contribution in [1.82, 2.24) is 10.2 Å². The number of nitrogens with one attached hydrogen (secondary N) is 1. The normalized spacial score (nSPS) is 18.7. The maximum Gasteiger partial charge on any atom is 0.227 e. The Morgan fingerprint density at radius 1 is 1.52 bits per heavy atom. The number of thioether (sulfide) groups is 1. The van der Waals surface area contributed by atoms with Crippen LogP contribution in [-0.4, -0.2) is 33.5 Å². The third kappa shape index (κ3) is 2.81. The Balaban J connectivity index is 1.80. The van der Waals surface area contributed by atoms with Crippen molar-refractivity contribution in [3.05, 3.63) is 23.9 Å². The smallest absolute Gasteiger partial charge is 0.227 e. The van der Waals surface area contributed by atoms with Crippen LogP contribution in [0.4, 0.5) is 5.69 Å². The number of amides is 1. The van der Waals surface area contributed by atoms with E-state index in [0.29, 0.717) is 18.7 Å². The number of carbonyl (C=O) groups is 2. The molecule has 0 spiro atoms. The van der Waals surface area contributed by atoms with Crippen molar-refractivity contribution in [3.8, 4) is 0 Å². The Hall–Kier alpha value is -1.82. The molecule has 0 aliphatic carbocycles. The zero-order valence-corrected chi connectivity index (χ0v) is 12.9. The second-order valence-electron chi connectivity index (χ2n) is 5.43. The van der Waals surface area contributed by atoms with E-state index in [2.05, 4.69) is 10.2 Å². The van der Waals surface area contributed by atoms with Crippen LogP contribution in [0.2, 0.25) is 0 Å². The fourth-order valence-corrected chi connectivity index (χ4v) is 3.37. The number of aromatic nitrogens is 2. The highest BCUT2D eigenvalue weighted by Gasteiger charge is 2.30. The third-order valence-electron chi connectivity index (χ3n) is 3.77. The molecule has 1 atom stereocenters. The molecule has 1 aliphatic rings. The summed E-state index contributed by atoms with van der Waals surface area (Å²) in [5.74, 6) is 1.09. The van der Waals surface area contributed by atoms with Crippen molar-refractivity contribution in [2.24, 2.45) is 5.92 Å². The molecule has 5 nitrogen and oxygen atoms in total.